The van der Waals surface area contributed by atoms with E-state index in [1.807, 2.05) is 30.3 Å². The van der Waals surface area contributed by atoms with E-state index in [0.717, 1.165) is 31.6 Å². The highest BCUT2D eigenvalue weighted by atomic mass is 16.2. The quantitative estimate of drug-likeness (QED) is 0.780. The highest BCUT2D eigenvalue weighted by Crippen LogP contribution is 2.14. The molecule has 102 valence electrons. The zero-order chi connectivity index (χ0) is 13.7. The van der Waals surface area contributed by atoms with Crippen molar-refractivity contribution >= 4 is 17.5 Å². The Labute approximate surface area is 114 Å². The Bertz CT molecular complexity index is 439. The van der Waals surface area contributed by atoms with Crippen LogP contribution in [0.4, 0.5) is 5.69 Å². The third-order valence-corrected chi connectivity index (χ3v) is 3.53. The van der Waals surface area contributed by atoms with Gasteiger partial charge in [-0.2, -0.15) is 0 Å². The largest absolute Gasteiger partial charge is 0.342 e. The third kappa shape index (κ3) is 3.56. The number of carbonyl (C=O) groups excluding carboxylic acids is 2. The zero-order valence-electron chi connectivity index (χ0n) is 11.3. The van der Waals surface area contributed by atoms with E-state index in [0.29, 0.717) is 0 Å². The lowest BCUT2D eigenvalue weighted by Gasteiger charge is -2.27. The van der Waals surface area contributed by atoms with Gasteiger partial charge in [0.25, 0.3) is 0 Å². The molecule has 1 aromatic carbocycles. The number of anilines is 1. The first-order chi connectivity index (χ1) is 9.18. The van der Waals surface area contributed by atoms with E-state index in [2.05, 4.69) is 0 Å². The molecule has 0 N–H and O–H groups in total. The summed E-state index contributed by atoms with van der Waals surface area (Å²) in [6.45, 7) is 1.59. The molecule has 4 heteroatoms. The summed E-state index contributed by atoms with van der Waals surface area (Å²) in [4.78, 5) is 27.4. The summed E-state index contributed by atoms with van der Waals surface area (Å²) in [6, 6.07) is 9.39. The van der Waals surface area contributed by atoms with Crippen molar-refractivity contribution in [3.63, 3.8) is 0 Å². The summed E-state index contributed by atoms with van der Waals surface area (Å²) in [7, 11) is 1.71. The standard InChI is InChI=1S/C15H20N2O2/c1-16(13-8-4-2-5-9-13)14(18)12-15(19)17-10-6-3-7-11-17/h2,4-5,8-9H,3,6-7,10-12H2,1H3. The molecule has 1 saturated heterocycles. The minimum absolute atomic E-state index is 0.0363. The first kappa shape index (κ1) is 13.6. The Balaban J connectivity index is 1.91. The normalized spacial score (nSPS) is 15.1. The molecular weight excluding hydrogens is 240 g/mol. The van der Waals surface area contributed by atoms with Crippen LogP contribution in [0, 0.1) is 0 Å². The van der Waals surface area contributed by atoms with Gasteiger partial charge in [0.1, 0.15) is 6.42 Å². The van der Waals surface area contributed by atoms with E-state index in [-0.39, 0.29) is 18.2 Å². The number of benzene rings is 1. The maximum Gasteiger partial charge on any atom is 0.236 e. The van der Waals surface area contributed by atoms with Crippen LogP contribution < -0.4 is 4.90 Å². The van der Waals surface area contributed by atoms with Crippen LogP contribution in [-0.2, 0) is 9.59 Å². The van der Waals surface area contributed by atoms with Crippen molar-refractivity contribution in [2.24, 2.45) is 0 Å². The highest BCUT2D eigenvalue weighted by molar-refractivity contribution is 6.04. The molecule has 4 nitrogen and oxygen atoms in total. The van der Waals surface area contributed by atoms with Crippen molar-refractivity contribution in [2.45, 2.75) is 25.7 Å². The predicted octanol–water partition coefficient (Wildman–Crippen LogP) is 2.05. The molecular formula is C15H20N2O2. The van der Waals surface area contributed by atoms with Crippen molar-refractivity contribution in [3.8, 4) is 0 Å². The number of rotatable bonds is 3. The molecule has 0 aromatic heterocycles. The molecule has 1 aliphatic rings. The van der Waals surface area contributed by atoms with Gasteiger partial charge < -0.3 is 9.80 Å². The number of hydrogen-bond donors (Lipinski definition) is 0. The fourth-order valence-corrected chi connectivity index (χ4v) is 2.30. The monoisotopic (exact) mass is 260 g/mol. The van der Waals surface area contributed by atoms with Gasteiger partial charge in [0.15, 0.2) is 0 Å². The second-order valence-corrected chi connectivity index (χ2v) is 4.91. The molecule has 19 heavy (non-hydrogen) atoms. The molecule has 2 rings (SSSR count). The van der Waals surface area contributed by atoms with Gasteiger partial charge in [0.2, 0.25) is 11.8 Å². The number of piperidine rings is 1. The smallest absolute Gasteiger partial charge is 0.236 e. The Hall–Kier alpha value is -1.84. The molecule has 1 heterocycles. The van der Waals surface area contributed by atoms with Gasteiger partial charge in [-0.1, -0.05) is 18.2 Å². The van der Waals surface area contributed by atoms with Crippen LogP contribution >= 0.6 is 0 Å². The molecule has 0 spiro atoms. The Morgan fingerprint density at radius 2 is 1.74 bits per heavy atom. The van der Waals surface area contributed by atoms with Gasteiger partial charge in [0, 0.05) is 25.8 Å². The van der Waals surface area contributed by atoms with Gasteiger partial charge in [-0.3, -0.25) is 9.59 Å². The second kappa shape index (κ2) is 6.36. The number of likely N-dealkylation sites (tertiary alicyclic amines) is 1. The van der Waals surface area contributed by atoms with Crippen molar-refractivity contribution in [1.29, 1.82) is 0 Å². The number of nitrogens with zero attached hydrogens (tertiary/aromatic N) is 2. The van der Waals surface area contributed by atoms with E-state index < -0.39 is 0 Å². The molecule has 0 saturated carbocycles. The van der Waals surface area contributed by atoms with Crippen LogP contribution in [0.15, 0.2) is 30.3 Å². The average Bonchev–Trinajstić information content (AvgIpc) is 2.48. The van der Waals surface area contributed by atoms with Gasteiger partial charge in [-0.15, -0.1) is 0 Å². The number of amides is 2. The van der Waals surface area contributed by atoms with Crippen molar-refractivity contribution in [1.82, 2.24) is 4.90 Å². The van der Waals surface area contributed by atoms with Crippen LogP contribution in [0.1, 0.15) is 25.7 Å². The second-order valence-electron chi connectivity index (χ2n) is 4.91. The fourth-order valence-electron chi connectivity index (χ4n) is 2.30. The van der Waals surface area contributed by atoms with Gasteiger partial charge >= 0.3 is 0 Å². The van der Waals surface area contributed by atoms with E-state index in [9.17, 15) is 9.59 Å². The first-order valence-corrected chi connectivity index (χ1v) is 6.78. The summed E-state index contributed by atoms with van der Waals surface area (Å²) in [5, 5.41) is 0. The van der Waals surface area contributed by atoms with Crippen molar-refractivity contribution in [3.05, 3.63) is 30.3 Å². The average molecular weight is 260 g/mol. The lowest BCUT2D eigenvalue weighted by molar-refractivity contribution is -0.135. The van der Waals surface area contributed by atoms with Crippen LogP contribution in [0.3, 0.4) is 0 Å². The molecule has 0 radical (unpaired) electrons. The molecule has 0 aliphatic carbocycles. The Morgan fingerprint density at radius 1 is 1.11 bits per heavy atom. The van der Waals surface area contributed by atoms with Crippen LogP contribution in [0.25, 0.3) is 0 Å². The van der Waals surface area contributed by atoms with Crippen molar-refractivity contribution in [2.75, 3.05) is 25.0 Å². The SMILES string of the molecule is CN(C(=O)CC(=O)N1CCCCC1)c1ccccc1. The molecule has 1 aromatic rings. The van der Waals surface area contributed by atoms with E-state index in [4.69, 9.17) is 0 Å². The summed E-state index contributed by atoms with van der Waals surface area (Å²) in [5.41, 5.74) is 0.818. The highest BCUT2D eigenvalue weighted by Gasteiger charge is 2.21. The maximum atomic E-state index is 12.1. The van der Waals surface area contributed by atoms with Crippen LogP contribution in [0.2, 0.25) is 0 Å². The summed E-state index contributed by atoms with van der Waals surface area (Å²) in [5.74, 6) is -0.200. The first-order valence-electron chi connectivity index (χ1n) is 6.78. The van der Waals surface area contributed by atoms with Gasteiger partial charge in [-0.05, 0) is 31.4 Å². The lowest BCUT2D eigenvalue weighted by atomic mass is 10.1. The summed E-state index contributed by atoms with van der Waals surface area (Å²) >= 11 is 0. The number of carbonyl (C=O) groups is 2. The number of hydrogen-bond acceptors (Lipinski definition) is 2. The fraction of sp³-hybridized carbons (Fsp3) is 0.467. The number of para-hydroxylation sites is 1. The summed E-state index contributed by atoms with van der Waals surface area (Å²) in [6.07, 6.45) is 3.25. The molecule has 2 amide bonds. The van der Waals surface area contributed by atoms with Gasteiger partial charge in [0.05, 0.1) is 0 Å². The van der Waals surface area contributed by atoms with E-state index >= 15 is 0 Å². The van der Waals surface area contributed by atoms with Crippen molar-refractivity contribution < 1.29 is 9.59 Å². The summed E-state index contributed by atoms with van der Waals surface area (Å²) < 4.78 is 0. The van der Waals surface area contributed by atoms with Crippen LogP contribution in [0.5, 0.6) is 0 Å². The maximum absolute atomic E-state index is 12.1. The molecule has 0 atom stereocenters. The molecule has 0 unspecified atom stereocenters. The lowest BCUT2D eigenvalue weighted by Crippen LogP contribution is -2.39. The topological polar surface area (TPSA) is 40.6 Å². The molecule has 1 aliphatic heterocycles. The van der Waals surface area contributed by atoms with Crippen LogP contribution in [-0.4, -0.2) is 36.9 Å². The predicted molar refractivity (Wildman–Crippen MR) is 74.9 cm³/mol. The van der Waals surface area contributed by atoms with E-state index in [1.165, 1.54) is 6.42 Å². The minimum atomic E-state index is -0.151. The minimum Gasteiger partial charge on any atom is -0.342 e. The third-order valence-electron chi connectivity index (χ3n) is 3.53. The Kier molecular flexibility index (Phi) is 4.55. The molecule has 1 fully saturated rings. The zero-order valence-corrected chi connectivity index (χ0v) is 11.3. The Morgan fingerprint density at radius 3 is 2.37 bits per heavy atom. The molecule has 0 bridgehead atoms. The van der Waals surface area contributed by atoms with E-state index in [1.54, 1.807) is 16.8 Å². The van der Waals surface area contributed by atoms with Gasteiger partial charge in [-0.25, -0.2) is 0 Å².